The number of aryl methyl sites for hydroxylation is 2. The molecule has 0 radical (unpaired) electrons. The van der Waals surface area contributed by atoms with Crippen LogP contribution in [0, 0.1) is 19.8 Å². The first-order chi connectivity index (χ1) is 9.58. The number of hydrogen-bond donors (Lipinski definition) is 0. The Balaban J connectivity index is 2.11. The van der Waals surface area contributed by atoms with Gasteiger partial charge in [0.05, 0.1) is 0 Å². The van der Waals surface area contributed by atoms with Gasteiger partial charge in [-0.3, -0.25) is 0 Å². The molecule has 1 atom stereocenters. The van der Waals surface area contributed by atoms with E-state index in [2.05, 4.69) is 60.1 Å². The van der Waals surface area contributed by atoms with E-state index < -0.39 is 0 Å². The fourth-order valence-corrected chi connectivity index (χ4v) is 3.35. The Hall–Kier alpha value is -0.790. The third-order valence-corrected chi connectivity index (χ3v) is 4.77. The Morgan fingerprint density at radius 2 is 1.65 bits per heavy atom. The number of alkyl halides is 1. The van der Waals surface area contributed by atoms with E-state index in [-0.39, 0.29) is 0 Å². The molecule has 2 heteroatoms. The lowest BCUT2D eigenvalue weighted by Gasteiger charge is -2.16. The second kappa shape index (κ2) is 7.28. The maximum absolute atomic E-state index is 6.26. The zero-order chi connectivity index (χ0) is 14.5. The molecular weight excluding hydrogens is 332 g/mol. The molecule has 0 aliphatic carbocycles. The first-order valence-electron chi connectivity index (χ1n) is 6.95. The summed E-state index contributed by atoms with van der Waals surface area (Å²) in [6.07, 6.45) is 2.09. The lowest BCUT2D eigenvalue weighted by atomic mass is 9.93. The van der Waals surface area contributed by atoms with Gasteiger partial charge in [0.15, 0.2) is 0 Å². The van der Waals surface area contributed by atoms with Crippen molar-refractivity contribution in [2.24, 2.45) is 5.92 Å². The van der Waals surface area contributed by atoms with Crippen LogP contribution >= 0.6 is 27.5 Å². The van der Waals surface area contributed by atoms with Gasteiger partial charge in [0.1, 0.15) is 0 Å². The topological polar surface area (TPSA) is 0 Å². The van der Waals surface area contributed by atoms with Gasteiger partial charge in [-0.05, 0) is 49.8 Å². The Labute approximate surface area is 135 Å². The second-order valence-corrected chi connectivity index (χ2v) is 6.57. The molecule has 0 amide bonds. The smallest absolute Gasteiger partial charge is 0.0438 e. The molecule has 0 saturated heterocycles. The molecule has 0 aliphatic rings. The van der Waals surface area contributed by atoms with Gasteiger partial charge in [-0.2, -0.15) is 0 Å². The first-order valence-corrected chi connectivity index (χ1v) is 8.45. The Bertz CT molecular complexity index is 557. The predicted octanol–water partition coefficient (Wildman–Crippen LogP) is 5.75. The van der Waals surface area contributed by atoms with Crippen LogP contribution in [0.5, 0.6) is 0 Å². The lowest BCUT2D eigenvalue weighted by molar-refractivity contribution is 0.591. The van der Waals surface area contributed by atoms with E-state index in [9.17, 15) is 0 Å². The second-order valence-electron chi connectivity index (χ2n) is 5.52. The monoisotopic (exact) mass is 350 g/mol. The van der Waals surface area contributed by atoms with Crippen molar-refractivity contribution in [3.05, 3.63) is 69.7 Å². The normalized spacial score (nSPS) is 12.4. The van der Waals surface area contributed by atoms with Crippen LogP contribution in [0.2, 0.25) is 5.02 Å². The zero-order valence-corrected chi connectivity index (χ0v) is 14.3. The average molecular weight is 352 g/mol. The summed E-state index contributed by atoms with van der Waals surface area (Å²) in [4.78, 5) is 0. The summed E-state index contributed by atoms with van der Waals surface area (Å²) in [5.41, 5.74) is 5.33. The minimum Gasteiger partial charge on any atom is -0.0925 e. The summed E-state index contributed by atoms with van der Waals surface area (Å²) in [5, 5.41) is 1.87. The molecule has 0 fully saturated rings. The van der Waals surface area contributed by atoms with E-state index in [1.165, 1.54) is 22.3 Å². The Morgan fingerprint density at radius 3 is 2.25 bits per heavy atom. The van der Waals surface area contributed by atoms with Crippen LogP contribution in [0.1, 0.15) is 22.3 Å². The highest BCUT2D eigenvalue weighted by Gasteiger charge is 2.12. The van der Waals surface area contributed by atoms with E-state index >= 15 is 0 Å². The summed E-state index contributed by atoms with van der Waals surface area (Å²) in [6.45, 7) is 4.32. The van der Waals surface area contributed by atoms with Gasteiger partial charge in [-0.25, -0.2) is 0 Å². The van der Waals surface area contributed by atoms with E-state index in [0.29, 0.717) is 5.92 Å². The molecule has 106 valence electrons. The summed E-state index contributed by atoms with van der Waals surface area (Å²) < 4.78 is 0. The van der Waals surface area contributed by atoms with Crippen LogP contribution < -0.4 is 0 Å². The van der Waals surface area contributed by atoms with Crippen molar-refractivity contribution in [1.29, 1.82) is 0 Å². The maximum atomic E-state index is 6.26. The minimum absolute atomic E-state index is 0.566. The van der Waals surface area contributed by atoms with Crippen LogP contribution in [0.4, 0.5) is 0 Å². The van der Waals surface area contributed by atoms with Gasteiger partial charge < -0.3 is 0 Å². The fourth-order valence-electron chi connectivity index (χ4n) is 2.68. The van der Waals surface area contributed by atoms with Crippen molar-refractivity contribution in [3.63, 3.8) is 0 Å². The van der Waals surface area contributed by atoms with Crippen LogP contribution in [-0.4, -0.2) is 5.33 Å². The number of halogens is 2. The molecule has 0 aromatic heterocycles. The summed E-state index contributed by atoms with van der Waals surface area (Å²) in [7, 11) is 0. The van der Waals surface area contributed by atoms with E-state index in [1.54, 1.807) is 0 Å². The van der Waals surface area contributed by atoms with Gasteiger partial charge in [0, 0.05) is 10.4 Å². The standard InChI is InChI=1S/C18H20BrCl/c1-13-7-14(2)9-15(8-13)10-16(12-19)11-17-5-3-4-6-18(17)20/h3-9,16H,10-12H2,1-2H3. The van der Waals surface area contributed by atoms with Crippen LogP contribution in [0.25, 0.3) is 0 Å². The maximum Gasteiger partial charge on any atom is 0.0438 e. The molecule has 0 nitrogen and oxygen atoms in total. The Morgan fingerprint density at radius 1 is 1.00 bits per heavy atom. The van der Waals surface area contributed by atoms with Crippen molar-refractivity contribution in [2.45, 2.75) is 26.7 Å². The highest BCUT2D eigenvalue weighted by atomic mass is 79.9. The third kappa shape index (κ3) is 4.36. The molecule has 20 heavy (non-hydrogen) atoms. The van der Waals surface area contributed by atoms with Crippen molar-refractivity contribution >= 4 is 27.5 Å². The van der Waals surface area contributed by atoms with Gasteiger partial charge in [0.25, 0.3) is 0 Å². The van der Waals surface area contributed by atoms with Gasteiger partial charge in [0.2, 0.25) is 0 Å². The molecule has 0 aliphatic heterocycles. The predicted molar refractivity (Wildman–Crippen MR) is 92.1 cm³/mol. The highest BCUT2D eigenvalue weighted by Crippen LogP contribution is 2.23. The van der Waals surface area contributed by atoms with E-state index in [1.807, 2.05) is 12.1 Å². The molecular formula is C18H20BrCl. The van der Waals surface area contributed by atoms with Crippen molar-refractivity contribution in [3.8, 4) is 0 Å². The van der Waals surface area contributed by atoms with Crippen molar-refractivity contribution in [2.75, 3.05) is 5.33 Å². The first kappa shape index (κ1) is 15.6. The van der Waals surface area contributed by atoms with Crippen LogP contribution in [0.15, 0.2) is 42.5 Å². The number of rotatable bonds is 5. The van der Waals surface area contributed by atoms with Crippen LogP contribution in [-0.2, 0) is 12.8 Å². The van der Waals surface area contributed by atoms with Gasteiger partial charge in [-0.15, -0.1) is 0 Å². The van der Waals surface area contributed by atoms with Crippen LogP contribution in [0.3, 0.4) is 0 Å². The molecule has 0 heterocycles. The van der Waals surface area contributed by atoms with Gasteiger partial charge >= 0.3 is 0 Å². The average Bonchev–Trinajstić information content (AvgIpc) is 2.39. The molecule has 0 N–H and O–H groups in total. The minimum atomic E-state index is 0.566. The molecule has 0 spiro atoms. The lowest BCUT2D eigenvalue weighted by Crippen LogP contribution is -2.10. The molecule has 2 rings (SSSR count). The summed E-state index contributed by atoms with van der Waals surface area (Å²) >= 11 is 9.91. The van der Waals surface area contributed by atoms with Crippen molar-refractivity contribution in [1.82, 2.24) is 0 Å². The van der Waals surface area contributed by atoms with Crippen molar-refractivity contribution < 1.29 is 0 Å². The molecule has 2 aromatic carbocycles. The fraction of sp³-hybridized carbons (Fsp3) is 0.333. The quantitative estimate of drug-likeness (QED) is 0.601. The van der Waals surface area contributed by atoms with Gasteiger partial charge in [-0.1, -0.05) is 75.1 Å². The molecule has 1 unspecified atom stereocenters. The molecule has 2 aromatic rings. The summed E-state index contributed by atoms with van der Waals surface area (Å²) in [6, 6.07) is 14.9. The molecule has 0 bridgehead atoms. The number of benzene rings is 2. The Kier molecular flexibility index (Phi) is 5.68. The highest BCUT2D eigenvalue weighted by molar-refractivity contribution is 9.09. The summed E-state index contributed by atoms with van der Waals surface area (Å²) in [5.74, 6) is 0.566. The molecule has 0 saturated carbocycles. The third-order valence-electron chi connectivity index (χ3n) is 3.49. The number of hydrogen-bond acceptors (Lipinski definition) is 0. The SMILES string of the molecule is Cc1cc(C)cc(CC(CBr)Cc2ccccc2Cl)c1. The van der Waals surface area contributed by atoms with E-state index in [0.717, 1.165) is 23.2 Å². The van der Waals surface area contributed by atoms with E-state index in [4.69, 9.17) is 11.6 Å². The zero-order valence-electron chi connectivity index (χ0n) is 12.0. The largest absolute Gasteiger partial charge is 0.0925 e.